The molecule has 1 aromatic carbocycles. The van der Waals surface area contributed by atoms with Crippen LogP contribution in [0.3, 0.4) is 0 Å². The van der Waals surface area contributed by atoms with E-state index in [1.165, 1.54) is 11.3 Å². The van der Waals surface area contributed by atoms with Gasteiger partial charge in [-0.15, -0.1) is 11.3 Å². The van der Waals surface area contributed by atoms with Crippen LogP contribution in [0.4, 0.5) is 5.13 Å². The number of primary amides is 1. The smallest absolute Gasteiger partial charge is 0.275 e. The molecule has 0 radical (unpaired) electrons. The summed E-state index contributed by atoms with van der Waals surface area (Å²) in [4.78, 5) is 32.5. The topological polar surface area (TPSA) is 107 Å². The van der Waals surface area contributed by atoms with Gasteiger partial charge >= 0.3 is 0 Å². The van der Waals surface area contributed by atoms with Gasteiger partial charge in [0, 0.05) is 11.8 Å². The van der Waals surface area contributed by atoms with E-state index in [2.05, 4.69) is 15.5 Å². The van der Waals surface area contributed by atoms with Gasteiger partial charge in [-0.05, 0) is 5.56 Å². The van der Waals surface area contributed by atoms with Crippen LogP contribution in [0.25, 0.3) is 0 Å². The average Bonchev–Trinajstić information content (AvgIpc) is 3.17. The summed E-state index contributed by atoms with van der Waals surface area (Å²) in [6.07, 6.45) is 0.195. The van der Waals surface area contributed by atoms with E-state index >= 15 is 0 Å². The van der Waals surface area contributed by atoms with Gasteiger partial charge in [-0.25, -0.2) is 4.98 Å². The molecule has 23 heavy (non-hydrogen) atoms. The third-order valence-electron chi connectivity index (χ3n) is 3.23. The Kier molecular flexibility index (Phi) is 4.33. The molecule has 0 fully saturated rings. The summed E-state index contributed by atoms with van der Waals surface area (Å²) in [6, 6.07) is 9.59. The molecular formula is C15H14N4O3S. The zero-order valence-corrected chi connectivity index (χ0v) is 12.9. The van der Waals surface area contributed by atoms with Crippen molar-refractivity contribution in [3.8, 4) is 0 Å². The molecule has 0 spiro atoms. The third kappa shape index (κ3) is 3.72. The number of nitrogens with one attached hydrogen (secondary N) is 1. The zero-order valence-electron chi connectivity index (χ0n) is 12.1. The van der Waals surface area contributed by atoms with Gasteiger partial charge in [0.05, 0.1) is 12.1 Å². The number of aromatic nitrogens is 1. The van der Waals surface area contributed by atoms with Crippen molar-refractivity contribution in [2.45, 2.75) is 18.9 Å². The van der Waals surface area contributed by atoms with E-state index in [4.69, 9.17) is 10.6 Å². The van der Waals surface area contributed by atoms with Crippen LogP contribution in [0.5, 0.6) is 0 Å². The fourth-order valence-corrected chi connectivity index (χ4v) is 2.86. The SMILES string of the molecule is NC(=O)Cc1csc(NC(=O)C2=NO[C@H](c3ccccc3)C2)n1. The maximum Gasteiger partial charge on any atom is 0.275 e. The van der Waals surface area contributed by atoms with E-state index in [-0.39, 0.29) is 18.4 Å². The maximum absolute atomic E-state index is 12.2. The molecule has 0 unspecified atom stereocenters. The summed E-state index contributed by atoms with van der Waals surface area (Å²) < 4.78 is 0. The molecule has 7 nitrogen and oxygen atoms in total. The van der Waals surface area contributed by atoms with E-state index < -0.39 is 5.91 Å². The Morgan fingerprint density at radius 2 is 2.13 bits per heavy atom. The minimum Gasteiger partial charge on any atom is -0.387 e. The first kappa shape index (κ1) is 15.2. The van der Waals surface area contributed by atoms with E-state index in [0.717, 1.165) is 5.56 Å². The normalized spacial score (nSPS) is 16.5. The van der Waals surface area contributed by atoms with Gasteiger partial charge < -0.3 is 10.6 Å². The van der Waals surface area contributed by atoms with Crippen molar-refractivity contribution < 1.29 is 14.4 Å². The molecule has 0 aliphatic carbocycles. The quantitative estimate of drug-likeness (QED) is 0.868. The summed E-state index contributed by atoms with van der Waals surface area (Å²) in [5, 5.41) is 8.59. The highest BCUT2D eigenvalue weighted by atomic mass is 32.1. The number of hydrogen-bond donors (Lipinski definition) is 2. The molecule has 0 bridgehead atoms. The summed E-state index contributed by atoms with van der Waals surface area (Å²) in [7, 11) is 0. The Balaban J connectivity index is 1.59. The van der Waals surface area contributed by atoms with Crippen LogP contribution in [0.2, 0.25) is 0 Å². The van der Waals surface area contributed by atoms with Gasteiger partial charge in [0.15, 0.2) is 11.2 Å². The van der Waals surface area contributed by atoms with Crippen LogP contribution in [0, 0.1) is 0 Å². The standard InChI is InChI=1S/C15H14N4O3S/c16-13(20)6-10-8-23-15(17-10)18-14(21)11-7-12(22-19-11)9-4-2-1-3-5-9/h1-5,8,12H,6-7H2,(H2,16,20)(H,17,18,21)/t12-/m0/s1. The van der Waals surface area contributed by atoms with Crippen molar-refractivity contribution in [1.29, 1.82) is 0 Å². The van der Waals surface area contributed by atoms with Crippen LogP contribution < -0.4 is 11.1 Å². The van der Waals surface area contributed by atoms with Crippen molar-refractivity contribution in [3.05, 3.63) is 47.0 Å². The Morgan fingerprint density at radius 3 is 2.87 bits per heavy atom. The van der Waals surface area contributed by atoms with Crippen molar-refractivity contribution in [3.63, 3.8) is 0 Å². The number of carbonyl (C=O) groups excluding carboxylic acids is 2. The van der Waals surface area contributed by atoms with Crippen molar-refractivity contribution >= 4 is 34.0 Å². The van der Waals surface area contributed by atoms with E-state index in [1.54, 1.807) is 5.38 Å². The molecule has 3 N–H and O–H groups in total. The van der Waals surface area contributed by atoms with Gasteiger partial charge in [-0.2, -0.15) is 0 Å². The Labute approximate surface area is 136 Å². The number of nitrogens with zero attached hydrogens (tertiary/aromatic N) is 2. The first-order valence-corrected chi connectivity index (χ1v) is 7.81. The number of thiazole rings is 1. The van der Waals surface area contributed by atoms with E-state index in [1.807, 2.05) is 30.3 Å². The van der Waals surface area contributed by atoms with Gasteiger partial charge in [-0.1, -0.05) is 35.5 Å². The lowest BCUT2D eigenvalue weighted by Gasteiger charge is -2.07. The summed E-state index contributed by atoms with van der Waals surface area (Å²) in [5.41, 5.74) is 6.92. The molecule has 1 aliphatic heterocycles. The van der Waals surface area contributed by atoms with Crippen molar-refractivity contribution in [2.75, 3.05) is 5.32 Å². The minimum atomic E-state index is -0.465. The molecule has 0 saturated carbocycles. The molecule has 0 saturated heterocycles. The average molecular weight is 330 g/mol. The lowest BCUT2D eigenvalue weighted by atomic mass is 10.0. The molecule has 2 amide bonds. The second-order valence-electron chi connectivity index (χ2n) is 4.99. The maximum atomic E-state index is 12.2. The monoisotopic (exact) mass is 330 g/mol. The molecule has 1 aromatic heterocycles. The Morgan fingerprint density at radius 1 is 1.35 bits per heavy atom. The number of anilines is 1. The molecule has 1 atom stereocenters. The molecule has 2 aromatic rings. The predicted molar refractivity (Wildman–Crippen MR) is 86.0 cm³/mol. The third-order valence-corrected chi connectivity index (χ3v) is 4.04. The number of benzene rings is 1. The minimum absolute atomic E-state index is 0.0481. The fourth-order valence-electron chi connectivity index (χ4n) is 2.15. The van der Waals surface area contributed by atoms with Crippen LogP contribution in [-0.2, 0) is 20.8 Å². The summed E-state index contributed by atoms with van der Waals surface area (Å²) in [6.45, 7) is 0. The first-order chi connectivity index (χ1) is 11.1. The van der Waals surface area contributed by atoms with E-state index in [9.17, 15) is 9.59 Å². The lowest BCUT2D eigenvalue weighted by molar-refractivity contribution is -0.117. The highest BCUT2D eigenvalue weighted by Gasteiger charge is 2.27. The van der Waals surface area contributed by atoms with Crippen LogP contribution >= 0.6 is 11.3 Å². The van der Waals surface area contributed by atoms with Crippen LogP contribution in [-0.4, -0.2) is 22.5 Å². The van der Waals surface area contributed by atoms with Gasteiger partial charge in [0.2, 0.25) is 5.91 Å². The fraction of sp³-hybridized carbons (Fsp3) is 0.200. The number of oxime groups is 1. The summed E-state index contributed by atoms with van der Waals surface area (Å²) in [5.74, 6) is -0.823. The van der Waals surface area contributed by atoms with Crippen LogP contribution in [0.15, 0.2) is 40.9 Å². The Hall–Kier alpha value is -2.74. The van der Waals surface area contributed by atoms with Gasteiger partial charge in [0.1, 0.15) is 5.71 Å². The van der Waals surface area contributed by atoms with Gasteiger partial charge in [0.25, 0.3) is 5.91 Å². The lowest BCUT2D eigenvalue weighted by Crippen LogP contribution is -2.22. The highest BCUT2D eigenvalue weighted by Crippen LogP contribution is 2.27. The summed E-state index contributed by atoms with van der Waals surface area (Å²) >= 11 is 1.23. The number of rotatable bonds is 5. The molecule has 1 aliphatic rings. The van der Waals surface area contributed by atoms with Crippen molar-refractivity contribution in [1.82, 2.24) is 4.98 Å². The zero-order chi connectivity index (χ0) is 16.2. The molecule has 118 valence electrons. The molecule has 3 rings (SSSR count). The highest BCUT2D eigenvalue weighted by molar-refractivity contribution is 7.14. The first-order valence-electron chi connectivity index (χ1n) is 6.93. The van der Waals surface area contributed by atoms with Crippen LogP contribution in [0.1, 0.15) is 23.8 Å². The number of amides is 2. The second-order valence-corrected chi connectivity index (χ2v) is 5.85. The number of hydrogen-bond acceptors (Lipinski definition) is 6. The molecular weight excluding hydrogens is 316 g/mol. The Bertz CT molecular complexity index is 757. The molecule has 2 heterocycles. The predicted octanol–water partition coefficient (Wildman–Crippen LogP) is 1.63. The number of carbonyl (C=O) groups is 2. The largest absolute Gasteiger partial charge is 0.387 e. The van der Waals surface area contributed by atoms with Gasteiger partial charge in [-0.3, -0.25) is 14.9 Å². The number of nitrogens with two attached hydrogens (primary N) is 1. The van der Waals surface area contributed by atoms with E-state index in [0.29, 0.717) is 23.0 Å². The second kappa shape index (κ2) is 6.57. The van der Waals surface area contributed by atoms with Crippen molar-refractivity contribution in [2.24, 2.45) is 10.9 Å². The molecule has 8 heteroatoms.